The Morgan fingerprint density at radius 2 is 2.22 bits per heavy atom. The number of halogens is 2. The van der Waals surface area contributed by atoms with Gasteiger partial charge in [-0.05, 0) is 6.07 Å². The van der Waals surface area contributed by atoms with Crippen LogP contribution in [0.3, 0.4) is 0 Å². The van der Waals surface area contributed by atoms with Crippen molar-refractivity contribution in [3.8, 4) is 5.75 Å². The highest BCUT2D eigenvalue weighted by atomic mass is 35.5. The second kappa shape index (κ2) is 5.30. The lowest BCUT2D eigenvalue weighted by molar-refractivity contribution is -0.384. The van der Waals surface area contributed by atoms with E-state index in [1.54, 1.807) is 7.11 Å². The van der Waals surface area contributed by atoms with Gasteiger partial charge in [0, 0.05) is 25.7 Å². The Morgan fingerprint density at radius 1 is 1.50 bits per heavy atom. The third-order valence-electron chi connectivity index (χ3n) is 2.86. The number of hydrogen-bond acceptors (Lipinski definition) is 4. The van der Waals surface area contributed by atoms with Crippen LogP contribution >= 0.6 is 23.2 Å². The molecule has 7 heteroatoms. The number of nitrogens with zero attached hydrogens (tertiary/aromatic N) is 1. The Kier molecular flexibility index (Phi) is 3.94. The topological polar surface area (TPSA) is 61.6 Å². The zero-order valence-electron chi connectivity index (χ0n) is 9.51. The molecule has 0 radical (unpaired) electrons. The lowest BCUT2D eigenvalue weighted by Crippen LogP contribution is -2.52. The number of non-ortho nitro benzene ring substituents is 1. The van der Waals surface area contributed by atoms with Gasteiger partial charge in [0.1, 0.15) is 18.0 Å². The van der Waals surface area contributed by atoms with E-state index in [-0.39, 0.29) is 28.3 Å². The van der Waals surface area contributed by atoms with E-state index in [0.717, 1.165) is 0 Å². The van der Waals surface area contributed by atoms with Crippen LogP contribution < -0.4 is 4.74 Å². The molecule has 0 heterocycles. The van der Waals surface area contributed by atoms with E-state index >= 15 is 0 Å². The summed E-state index contributed by atoms with van der Waals surface area (Å²) in [5, 5.41) is 10.7. The van der Waals surface area contributed by atoms with E-state index in [2.05, 4.69) is 0 Å². The Morgan fingerprint density at radius 3 is 2.72 bits per heavy atom. The zero-order valence-corrected chi connectivity index (χ0v) is 11.0. The first-order valence-corrected chi connectivity index (χ1v) is 6.12. The molecule has 1 aliphatic rings. The molecule has 0 N–H and O–H groups in total. The number of methoxy groups -OCH3 is 1. The van der Waals surface area contributed by atoms with Crippen molar-refractivity contribution in [3.63, 3.8) is 0 Å². The lowest BCUT2D eigenvalue weighted by Gasteiger charge is -2.39. The molecule has 98 valence electrons. The fourth-order valence-corrected chi connectivity index (χ4v) is 2.46. The van der Waals surface area contributed by atoms with Gasteiger partial charge in [0.05, 0.1) is 15.3 Å². The molecule has 0 aliphatic heterocycles. The molecule has 3 unspecified atom stereocenters. The van der Waals surface area contributed by atoms with Gasteiger partial charge in [-0.15, -0.1) is 11.6 Å². The van der Waals surface area contributed by atoms with Gasteiger partial charge in [0.15, 0.2) is 0 Å². The SMILES string of the molecule is COC1C(Cl)CC1Oc1ccc([N+](=O)[O-])cc1Cl. The van der Waals surface area contributed by atoms with Crippen molar-refractivity contribution in [1.82, 2.24) is 0 Å². The number of nitro groups is 1. The average Bonchev–Trinajstić information content (AvgIpc) is 2.30. The third kappa shape index (κ3) is 2.53. The van der Waals surface area contributed by atoms with E-state index in [0.29, 0.717) is 12.2 Å². The molecule has 0 saturated heterocycles. The summed E-state index contributed by atoms with van der Waals surface area (Å²) in [7, 11) is 1.56. The summed E-state index contributed by atoms with van der Waals surface area (Å²) < 4.78 is 10.8. The van der Waals surface area contributed by atoms with Crippen LogP contribution in [-0.4, -0.2) is 29.6 Å². The monoisotopic (exact) mass is 291 g/mol. The van der Waals surface area contributed by atoms with Crippen molar-refractivity contribution in [2.45, 2.75) is 24.0 Å². The fourth-order valence-electron chi connectivity index (χ4n) is 1.80. The smallest absolute Gasteiger partial charge is 0.271 e. The maximum atomic E-state index is 10.6. The molecule has 0 amide bonds. The summed E-state index contributed by atoms with van der Waals surface area (Å²) in [5.41, 5.74) is -0.0699. The van der Waals surface area contributed by atoms with Gasteiger partial charge in [-0.2, -0.15) is 0 Å². The van der Waals surface area contributed by atoms with Gasteiger partial charge in [-0.25, -0.2) is 0 Å². The Labute approximate surface area is 114 Å². The quantitative estimate of drug-likeness (QED) is 0.486. The van der Waals surface area contributed by atoms with Crippen LogP contribution in [0.5, 0.6) is 5.75 Å². The molecule has 0 bridgehead atoms. The van der Waals surface area contributed by atoms with Crippen LogP contribution in [0.25, 0.3) is 0 Å². The Bertz CT molecular complexity index is 468. The lowest BCUT2D eigenvalue weighted by atomic mass is 9.91. The average molecular weight is 292 g/mol. The van der Waals surface area contributed by atoms with E-state index < -0.39 is 4.92 Å². The summed E-state index contributed by atoms with van der Waals surface area (Å²) >= 11 is 11.9. The molecular formula is C11H11Cl2NO4. The van der Waals surface area contributed by atoms with E-state index in [9.17, 15) is 10.1 Å². The summed E-state index contributed by atoms with van der Waals surface area (Å²) in [4.78, 5) is 10.1. The van der Waals surface area contributed by atoms with Gasteiger partial charge >= 0.3 is 0 Å². The normalized spacial score (nSPS) is 26.5. The number of rotatable bonds is 4. The van der Waals surface area contributed by atoms with E-state index in [4.69, 9.17) is 32.7 Å². The standard InChI is InChI=1S/C11H11Cl2NO4/c1-17-11-8(13)5-10(11)18-9-3-2-6(14(15)16)4-7(9)12/h2-4,8,10-11H,5H2,1H3. The molecular weight excluding hydrogens is 281 g/mol. The van der Waals surface area contributed by atoms with Gasteiger partial charge in [-0.1, -0.05) is 11.6 Å². The van der Waals surface area contributed by atoms with Crippen molar-refractivity contribution in [3.05, 3.63) is 33.3 Å². The molecule has 1 aromatic rings. The maximum absolute atomic E-state index is 10.6. The van der Waals surface area contributed by atoms with Crippen molar-refractivity contribution in [2.24, 2.45) is 0 Å². The van der Waals surface area contributed by atoms with Crippen LogP contribution in [-0.2, 0) is 4.74 Å². The molecule has 0 aromatic heterocycles. The summed E-state index contributed by atoms with van der Waals surface area (Å²) in [6, 6.07) is 4.09. The molecule has 1 aromatic carbocycles. The van der Waals surface area contributed by atoms with Crippen molar-refractivity contribution >= 4 is 28.9 Å². The first-order valence-electron chi connectivity index (χ1n) is 5.30. The third-order valence-corrected chi connectivity index (χ3v) is 3.58. The number of hydrogen-bond donors (Lipinski definition) is 0. The number of nitro benzene ring substituents is 1. The molecule has 1 aliphatic carbocycles. The Hall–Kier alpha value is -1.04. The predicted molar refractivity (Wildman–Crippen MR) is 67.6 cm³/mol. The molecule has 2 rings (SSSR count). The minimum Gasteiger partial charge on any atom is -0.486 e. The molecule has 0 spiro atoms. The second-order valence-electron chi connectivity index (χ2n) is 3.98. The predicted octanol–water partition coefficient (Wildman–Crippen LogP) is 3.02. The molecule has 1 saturated carbocycles. The number of alkyl halides is 1. The second-order valence-corrected chi connectivity index (χ2v) is 4.95. The van der Waals surface area contributed by atoms with Crippen molar-refractivity contribution in [1.29, 1.82) is 0 Å². The van der Waals surface area contributed by atoms with E-state index in [1.807, 2.05) is 0 Å². The first-order chi connectivity index (χ1) is 8.52. The van der Waals surface area contributed by atoms with Crippen LogP contribution in [0.15, 0.2) is 18.2 Å². The van der Waals surface area contributed by atoms with Gasteiger partial charge in [0.2, 0.25) is 0 Å². The van der Waals surface area contributed by atoms with Crippen LogP contribution in [0.1, 0.15) is 6.42 Å². The van der Waals surface area contributed by atoms with Crippen LogP contribution in [0, 0.1) is 10.1 Å². The van der Waals surface area contributed by atoms with Crippen molar-refractivity contribution in [2.75, 3.05) is 7.11 Å². The zero-order chi connectivity index (χ0) is 13.3. The van der Waals surface area contributed by atoms with Gasteiger partial charge in [0.25, 0.3) is 5.69 Å². The Balaban J connectivity index is 2.09. The van der Waals surface area contributed by atoms with Crippen LogP contribution in [0.4, 0.5) is 5.69 Å². The summed E-state index contributed by atoms with van der Waals surface area (Å²) in [6.07, 6.45) is 0.308. The summed E-state index contributed by atoms with van der Waals surface area (Å²) in [6.45, 7) is 0. The first kappa shape index (κ1) is 13.4. The van der Waals surface area contributed by atoms with E-state index in [1.165, 1.54) is 18.2 Å². The summed E-state index contributed by atoms with van der Waals surface area (Å²) in [5.74, 6) is 0.401. The number of benzene rings is 1. The fraction of sp³-hybridized carbons (Fsp3) is 0.455. The highest BCUT2D eigenvalue weighted by Crippen LogP contribution is 2.36. The molecule has 18 heavy (non-hydrogen) atoms. The largest absolute Gasteiger partial charge is 0.486 e. The number of ether oxygens (including phenoxy) is 2. The van der Waals surface area contributed by atoms with Gasteiger partial charge in [-0.3, -0.25) is 10.1 Å². The highest BCUT2D eigenvalue weighted by Gasteiger charge is 2.42. The highest BCUT2D eigenvalue weighted by molar-refractivity contribution is 6.32. The minimum atomic E-state index is -0.508. The minimum absolute atomic E-state index is 0.0699. The van der Waals surface area contributed by atoms with Gasteiger partial charge < -0.3 is 9.47 Å². The molecule has 3 atom stereocenters. The molecule has 1 fully saturated rings. The maximum Gasteiger partial charge on any atom is 0.271 e. The van der Waals surface area contributed by atoms with Crippen LogP contribution in [0.2, 0.25) is 5.02 Å². The van der Waals surface area contributed by atoms with Crippen molar-refractivity contribution < 1.29 is 14.4 Å². The molecule has 5 nitrogen and oxygen atoms in total.